The molecule has 1 amide bonds. The average Bonchev–Trinajstić information content (AvgIpc) is 2.80. The topological polar surface area (TPSA) is 80.8 Å². The number of hydrogen-bond donors (Lipinski definition) is 0. The second kappa shape index (κ2) is 10.4. The highest BCUT2D eigenvalue weighted by atomic mass is 35.5. The van der Waals surface area contributed by atoms with E-state index in [-0.39, 0.29) is 29.6 Å². The normalized spacial score (nSPS) is 11.1. The first kappa shape index (κ1) is 23.5. The first-order valence-corrected chi connectivity index (χ1v) is 11.8. The lowest BCUT2D eigenvalue weighted by Gasteiger charge is -2.22. The minimum absolute atomic E-state index is 0.178. The lowest BCUT2D eigenvalue weighted by Crippen LogP contribution is -2.35. The van der Waals surface area contributed by atoms with Crippen LogP contribution in [0.15, 0.2) is 83.8 Å². The second-order valence-corrected chi connectivity index (χ2v) is 9.56. The SMILES string of the molecule is COC(=O)CN(Cc1ccc(Cl)cc1)C(=O)c1ccc(CS(=O)(=O)c2ccccc2)cc1. The van der Waals surface area contributed by atoms with E-state index in [9.17, 15) is 18.0 Å². The van der Waals surface area contributed by atoms with Crippen molar-refractivity contribution in [2.45, 2.75) is 17.2 Å². The fourth-order valence-electron chi connectivity index (χ4n) is 3.09. The largest absolute Gasteiger partial charge is 0.468 e. The third kappa shape index (κ3) is 6.18. The van der Waals surface area contributed by atoms with Gasteiger partial charge in [0.05, 0.1) is 17.8 Å². The van der Waals surface area contributed by atoms with Gasteiger partial charge in [-0.15, -0.1) is 0 Å². The molecule has 8 heteroatoms. The van der Waals surface area contributed by atoms with Gasteiger partial charge in [-0.2, -0.15) is 0 Å². The standard InChI is InChI=1S/C24H22ClNO5S/c1-31-23(27)16-26(15-18-9-13-21(25)14-10-18)24(28)20-11-7-19(8-12-20)17-32(29,30)22-5-3-2-4-6-22/h2-14H,15-17H2,1H3. The minimum Gasteiger partial charge on any atom is -0.468 e. The van der Waals surface area contributed by atoms with Gasteiger partial charge in [0.2, 0.25) is 0 Å². The lowest BCUT2D eigenvalue weighted by molar-refractivity contribution is -0.141. The number of esters is 1. The van der Waals surface area contributed by atoms with Gasteiger partial charge in [0.15, 0.2) is 9.84 Å². The molecule has 0 aliphatic heterocycles. The number of hydrogen-bond acceptors (Lipinski definition) is 5. The van der Waals surface area contributed by atoms with E-state index >= 15 is 0 Å². The molecule has 0 bridgehead atoms. The third-order valence-electron chi connectivity index (χ3n) is 4.78. The summed E-state index contributed by atoms with van der Waals surface area (Å²) in [6, 6.07) is 21.5. The van der Waals surface area contributed by atoms with Gasteiger partial charge in [0.25, 0.3) is 5.91 Å². The average molecular weight is 472 g/mol. The first-order chi connectivity index (χ1) is 15.3. The van der Waals surface area contributed by atoms with E-state index in [1.807, 2.05) is 0 Å². The van der Waals surface area contributed by atoms with E-state index in [4.69, 9.17) is 16.3 Å². The van der Waals surface area contributed by atoms with Gasteiger partial charge in [-0.05, 0) is 47.5 Å². The summed E-state index contributed by atoms with van der Waals surface area (Å²) < 4.78 is 29.9. The number of benzene rings is 3. The summed E-state index contributed by atoms with van der Waals surface area (Å²) in [6.45, 7) is -0.0304. The van der Waals surface area contributed by atoms with Crippen LogP contribution in [0.3, 0.4) is 0 Å². The molecule has 0 N–H and O–H groups in total. The van der Waals surface area contributed by atoms with Crippen molar-refractivity contribution < 1.29 is 22.7 Å². The summed E-state index contributed by atoms with van der Waals surface area (Å²) in [7, 11) is -2.23. The zero-order chi connectivity index (χ0) is 23.1. The van der Waals surface area contributed by atoms with E-state index < -0.39 is 15.8 Å². The van der Waals surface area contributed by atoms with Crippen molar-refractivity contribution >= 4 is 33.3 Å². The van der Waals surface area contributed by atoms with Crippen LogP contribution in [0.2, 0.25) is 5.02 Å². The van der Waals surface area contributed by atoms with Crippen molar-refractivity contribution in [1.82, 2.24) is 4.90 Å². The number of sulfone groups is 1. The highest BCUT2D eigenvalue weighted by Crippen LogP contribution is 2.18. The van der Waals surface area contributed by atoms with Crippen LogP contribution in [0.25, 0.3) is 0 Å². The van der Waals surface area contributed by atoms with E-state index in [0.29, 0.717) is 16.1 Å². The molecule has 166 valence electrons. The molecule has 0 aromatic heterocycles. The molecule has 0 saturated heterocycles. The van der Waals surface area contributed by atoms with Crippen molar-refractivity contribution in [2.24, 2.45) is 0 Å². The number of rotatable bonds is 8. The molecule has 0 fully saturated rings. The number of carbonyl (C=O) groups excluding carboxylic acids is 2. The summed E-state index contributed by atoms with van der Waals surface area (Å²) in [6.07, 6.45) is 0. The van der Waals surface area contributed by atoms with Crippen LogP contribution >= 0.6 is 11.6 Å². The number of methoxy groups -OCH3 is 1. The number of ether oxygens (including phenoxy) is 1. The zero-order valence-electron chi connectivity index (χ0n) is 17.4. The maximum absolute atomic E-state index is 13.1. The van der Waals surface area contributed by atoms with Crippen LogP contribution in [0.4, 0.5) is 0 Å². The number of halogens is 1. The molecule has 0 atom stereocenters. The molecule has 0 radical (unpaired) electrons. The highest BCUT2D eigenvalue weighted by Gasteiger charge is 2.21. The molecule has 3 aromatic rings. The minimum atomic E-state index is -3.49. The Kier molecular flexibility index (Phi) is 7.66. The highest BCUT2D eigenvalue weighted by molar-refractivity contribution is 7.90. The molecule has 0 spiro atoms. The lowest BCUT2D eigenvalue weighted by atomic mass is 10.1. The molecule has 32 heavy (non-hydrogen) atoms. The van der Waals surface area contributed by atoms with Crippen LogP contribution < -0.4 is 0 Å². The molecule has 3 aromatic carbocycles. The molecule has 0 heterocycles. The van der Waals surface area contributed by atoms with Gasteiger partial charge in [0.1, 0.15) is 6.54 Å². The Bertz CT molecular complexity index is 1180. The van der Waals surface area contributed by atoms with E-state index in [0.717, 1.165) is 5.56 Å². The Morgan fingerprint density at radius 1 is 0.875 bits per heavy atom. The summed E-state index contributed by atoms with van der Waals surface area (Å²) in [5.41, 5.74) is 1.70. The zero-order valence-corrected chi connectivity index (χ0v) is 19.0. The summed E-state index contributed by atoms with van der Waals surface area (Å²) in [5.74, 6) is -1.09. The summed E-state index contributed by atoms with van der Waals surface area (Å²) >= 11 is 5.92. The van der Waals surface area contributed by atoms with E-state index in [2.05, 4.69) is 0 Å². The van der Waals surface area contributed by atoms with Crippen LogP contribution in [0.1, 0.15) is 21.5 Å². The van der Waals surface area contributed by atoms with Gasteiger partial charge < -0.3 is 9.64 Å². The van der Waals surface area contributed by atoms with Gasteiger partial charge in [0, 0.05) is 17.1 Å². The van der Waals surface area contributed by atoms with Gasteiger partial charge >= 0.3 is 5.97 Å². The Morgan fingerprint density at radius 2 is 1.47 bits per heavy atom. The molecule has 0 aliphatic rings. The van der Waals surface area contributed by atoms with Crippen LogP contribution in [-0.2, 0) is 31.7 Å². The Morgan fingerprint density at radius 3 is 2.06 bits per heavy atom. The predicted octanol–water partition coefficient (Wildman–Crippen LogP) is 4.13. The molecule has 0 saturated carbocycles. The van der Waals surface area contributed by atoms with Crippen molar-refractivity contribution in [3.8, 4) is 0 Å². The van der Waals surface area contributed by atoms with E-state index in [1.165, 1.54) is 12.0 Å². The summed E-state index contributed by atoms with van der Waals surface area (Å²) in [4.78, 5) is 26.5. The van der Waals surface area contributed by atoms with Crippen LogP contribution in [0.5, 0.6) is 0 Å². The van der Waals surface area contributed by atoms with Crippen LogP contribution in [-0.4, -0.2) is 38.8 Å². The van der Waals surface area contributed by atoms with Gasteiger partial charge in [-0.25, -0.2) is 8.42 Å². The van der Waals surface area contributed by atoms with Crippen molar-refractivity contribution in [1.29, 1.82) is 0 Å². The Labute approximate surface area is 192 Å². The number of carbonyl (C=O) groups is 2. The molecular formula is C24H22ClNO5S. The molecular weight excluding hydrogens is 450 g/mol. The monoisotopic (exact) mass is 471 g/mol. The maximum Gasteiger partial charge on any atom is 0.325 e. The number of nitrogens with zero attached hydrogens (tertiary/aromatic N) is 1. The number of amides is 1. The fourth-order valence-corrected chi connectivity index (χ4v) is 4.58. The Hall–Kier alpha value is -3.16. The van der Waals surface area contributed by atoms with Crippen molar-refractivity contribution in [3.05, 3.63) is 101 Å². The van der Waals surface area contributed by atoms with E-state index in [1.54, 1.807) is 78.9 Å². The third-order valence-corrected chi connectivity index (χ3v) is 6.74. The van der Waals surface area contributed by atoms with Gasteiger partial charge in [-0.1, -0.05) is 54.1 Å². The predicted molar refractivity (Wildman–Crippen MR) is 122 cm³/mol. The quantitative estimate of drug-likeness (QED) is 0.461. The fraction of sp³-hybridized carbons (Fsp3) is 0.167. The van der Waals surface area contributed by atoms with Crippen molar-refractivity contribution in [2.75, 3.05) is 13.7 Å². The first-order valence-electron chi connectivity index (χ1n) is 9.76. The van der Waals surface area contributed by atoms with Gasteiger partial charge in [-0.3, -0.25) is 9.59 Å². The smallest absolute Gasteiger partial charge is 0.325 e. The molecule has 0 aliphatic carbocycles. The summed E-state index contributed by atoms with van der Waals surface area (Å²) in [5, 5.41) is 0.570. The molecule has 6 nitrogen and oxygen atoms in total. The van der Waals surface area contributed by atoms with Crippen LogP contribution in [0, 0.1) is 0 Å². The second-order valence-electron chi connectivity index (χ2n) is 7.13. The Balaban J connectivity index is 1.77. The molecule has 3 rings (SSSR count). The molecule has 0 unspecified atom stereocenters. The maximum atomic E-state index is 13.1. The van der Waals surface area contributed by atoms with Crippen molar-refractivity contribution in [3.63, 3.8) is 0 Å².